The summed E-state index contributed by atoms with van der Waals surface area (Å²) in [6.45, 7) is 1.03. The summed E-state index contributed by atoms with van der Waals surface area (Å²) in [6, 6.07) is 0. The van der Waals surface area contributed by atoms with Crippen LogP contribution in [0.15, 0.2) is 0 Å². The largest absolute Gasteiger partial charge is 0.550 e. The Balaban J connectivity index is 2.31. The summed E-state index contributed by atoms with van der Waals surface area (Å²) in [7, 11) is 0. The van der Waals surface area contributed by atoms with Crippen LogP contribution in [0.3, 0.4) is 0 Å². The summed E-state index contributed by atoms with van der Waals surface area (Å²) in [4.78, 5) is 10.2. The molecule has 1 heterocycles. The van der Waals surface area contributed by atoms with E-state index >= 15 is 0 Å². The molecule has 0 amide bonds. The van der Waals surface area contributed by atoms with Crippen molar-refractivity contribution in [2.75, 3.05) is 13.2 Å². The molecule has 3 nitrogen and oxygen atoms in total. The van der Waals surface area contributed by atoms with Gasteiger partial charge in [-0.3, -0.25) is 0 Å². The lowest BCUT2D eigenvalue weighted by Gasteiger charge is -2.22. The summed E-state index contributed by atoms with van der Waals surface area (Å²) in [5.74, 6) is -1.34. The highest BCUT2D eigenvalue weighted by molar-refractivity contribution is 5.67. The van der Waals surface area contributed by atoms with E-state index in [4.69, 9.17) is 4.74 Å². The van der Waals surface area contributed by atoms with Crippen LogP contribution in [0.5, 0.6) is 0 Å². The predicted octanol–water partition coefficient (Wildman–Crippen LogP) is -0.837. The first-order valence-electron chi connectivity index (χ1n) is 3.09. The Bertz CT molecular complexity index is 105. The lowest BCUT2D eigenvalue weighted by atomic mass is 10.0. The highest BCUT2D eigenvalue weighted by Gasteiger charge is 2.13. The van der Waals surface area contributed by atoms with Gasteiger partial charge in [-0.25, -0.2) is 0 Å². The lowest BCUT2D eigenvalue weighted by molar-refractivity contribution is -0.314. The molecule has 1 aliphatic rings. The van der Waals surface area contributed by atoms with Gasteiger partial charge in [0.05, 0.1) is 6.61 Å². The molecular weight excluding hydrogens is 120 g/mol. The van der Waals surface area contributed by atoms with Crippen LogP contribution in [0.2, 0.25) is 0 Å². The zero-order chi connectivity index (χ0) is 6.69. The number of hydrogen-bond donors (Lipinski definition) is 0. The van der Waals surface area contributed by atoms with E-state index in [0.29, 0.717) is 19.6 Å². The van der Waals surface area contributed by atoms with Gasteiger partial charge in [-0.2, -0.15) is 0 Å². The number of hydrogen-bond acceptors (Lipinski definition) is 3. The maximum absolute atomic E-state index is 10.2. The molecule has 1 fully saturated rings. The highest BCUT2D eigenvalue weighted by atomic mass is 16.5. The van der Waals surface area contributed by atoms with Crippen molar-refractivity contribution >= 4 is 5.97 Å². The molecular formula is C6H9O3-. The van der Waals surface area contributed by atoms with Crippen molar-refractivity contribution in [3.8, 4) is 0 Å². The third kappa shape index (κ3) is 1.68. The predicted molar refractivity (Wildman–Crippen MR) is 28.5 cm³/mol. The van der Waals surface area contributed by atoms with Crippen LogP contribution >= 0.6 is 0 Å². The van der Waals surface area contributed by atoms with Gasteiger partial charge in [-0.05, 0) is 12.8 Å². The van der Waals surface area contributed by atoms with Crippen molar-refractivity contribution in [1.82, 2.24) is 0 Å². The Morgan fingerprint density at radius 1 is 1.67 bits per heavy atom. The van der Waals surface area contributed by atoms with Crippen molar-refractivity contribution in [2.24, 2.45) is 5.92 Å². The molecule has 0 bridgehead atoms. The van der Waals surface area contributed by atoms with Crippen molar-refractivity contribution in [3.05, 3.63) is 0 Å². The zero-order valence-electron chi connectivity index (χ0n) is 5.13. The Morgan fingerprint density at radius 2 is 2.44 bits per heavy atom. The molecule has 1 atom stereocenters. The summed E-state index contributed by atoms with van der Waals surface area (Å²) in [5.41, 5.74) is 0. The molecule has 0 radical (unpaired) electrons. The molecule has 0 aromatic carbocycles. The van der Waals surface area contributed by atoms with Crippen molar-refractivity contribution in [1.29, 1.82) is 0 Å². The molecule has 0 aliphatic carbocycles. The number of carbonyl (C=O) groups is 1. The molecule has 0 aromatic rings. The molecule has 0 saturated carbocycles. The third-order valence-corrected chi connectivity index (χ3v) is 1.49. The van der Waals surface area contributed by atoms with E-state index in [2.05, 4.69) is 0 Å². The molecule has 3 heteroatoms. The number of ether oxygens (including phenoxy) is 1. The van der Waals surface area contributed by atoms with Gasteiger partial charge in [0, 0.05) is 18.5 Å². The smallest absolute Gasteiger partial charge is 0.0546 e. The molecule has 9 heavy (non-hydrogen) atoms. The van der Waals surface area contributed by atoms with E-state index in [1.807, 2.05) is 0 Å². The second-order valence-electron chi connectivity index (χ2n) is 2.23. The van der Waals surface area contributed by atoms with Crippen LogP contribution in [0.1, 0.15) is 12.8 Å². The number of carbonyl (C=O) groups excluding carboxylic acids is 1. The van der Waals surface area contributed by atoms with Crippen LogP contribution in [-0.2, 0) is 9.53 Å². The van der Waals surface area contributed by atoms with Gasteiger partial charge >= 0.3 is 0 Å². The lowest BCUT2D eigenvalue weighted by Crippen LogP contribution is -2.36. The first-order valence-corrected chi connectivity index (χ1v) is 3.09. The summed E-state index contributed by atoms with van der Waals surface area (Å²) < 4.78 is 4.92. The maximum atomic E-state index is 10.2. The number of rotatable bonds is 1. The standard InChI is InChI=1S/C6H10O3/c7-6(8)5-2-1-3-9-4-5/h5H,1-4H2,(H,7,8)/p-1/t5-/m1/s1. The summed E-state index contributed by atoms with van der Waals surface area (Å²) in [5, 5.41) is 10.2. The third-order valence-electron chi connectivity index (χ3n) is 1.49. The molecule has 0 N–H and O–H groups in total. The van der Waals surface area contributed by atoms with Gasteiger partial charge in [-0.1, -0.05) is 0 Å². The molecule has 1 saturated heterocycles. The average Bonchev–Trinajstić information content (AvgIpc) is 1.90. The average molecular weight is 129 g/mol. The van der Waals surface area contributed by atoms with E-state index in [1.165, 1.54) is 0 Å². The van der Waals surface area contributed by atoms with E-state index in [0.717, 1.165) is 6.42 Å². The SMILES string of the molecule is O=C([O-])[C@@H]1CCCOC1. The van der Waals surface area contributed by atoms with Gasteiger partial charge < -0.3 is 14.6 Å². The highest BCUT2D eigenvalue weighted by Crippen LogP contribution is 2.11. The molecule has 0 spiro atoms. The molecule has 0 unspecified atom stereocenters. The topological polar surface area (TPSA) is 49.4 Å². The minimum atomic E-state index is -0.977. The molecule has 1 rings (SSSR count). The minimum Gasteiger partial charge on any atom is -0.550 e. The Hall–Kier alpha value is -0.570. The first-order chi connectivity index (χ1) is 4.30. The van der Waals surface area contributed by atoms with E-state index in [-0.39, 0.29) is 5.92 Å². The number of carboxylic acid groups (broad SMARTS) is 1. The van der Waals surface area contributed by atoms with Crippen LogP contribution in [0.4, 0.5) is 0 Å². The first kappa shape index (κ1) is 6.55. The number of aliphatic carboxylic acids is 1. The second kappa shape index (κ2) is 2.82. The zero-order valence-corrected chi connectivity index (χ0v) is 5.13. The van der Waals surface area contributed by atoms with Gasteiger partial charge in [0.15, 0.2) is 0 Å². The van der Waals surface area contributed by atoms with Crippen molar-refractivity contribution in [2.45, 2.75) is 12.8 Å². The van der Waals surface area contributed by atoms with Crippen molar-refractivity contribution in [3.63, 3.8) is 0 Å². The van der Waals surface area contributed by atoms with Crippen LogP contribution in [-0.4, -0.2) is 19.2 Å². The normalized spacial score (nSPS) is 27.8. The summed E-state index contributed by atoms with van der Waals surface area (Å²) in [6.07, 6.45) is 1.56. The van der Waals surface area contributed by atoms with Crippen LogP contribution in [0, 0.1) is 5.92 Å². The summed E-state index contributed by atoms with van der Waals surface area (Å²) >= 11 is 0. The van der Waals surface area contributed by atoms with E-state index in [9.17, 15) is 9.90 Å². The molecule has 52 valence electrons. The maximum Gasteiger partial charge on any atom is 0.0546 e. The van der Waals surface area contributed by atoms with Gasteiger partial charge in [0.1, 0.15) is 0 Å². The van der Waals surface area contributed by atoms with Gasteiger partial charge in [0.25, 0.3) is 0 Å². The second-order valence-corrected chi connectivity index (χ2v) is 2.23. The fraction of sp³-hybridized carbons (Fsp3) is 0.833. The van der Waals surface area contributed by atoms with E-state index in [1.54, 1.807) is 0 Å². The number of carboxylic acids is 1. The fourth-order valence-corrected chi connectivity index (χ4v) is 0.927. The van der Waals surface area contributed by atoms with E-state index < -0.39 is 5.97 Å². The minimum absolute atomic E-state index is 0.336. The van der Waals surface area contributed by atoms with Gasteiger partial charge in [0.2, 0.25) is 0 Å². The fourth-order valence-electron chi connectivity index (χ4n) is 0.927. The van der Waals surface area contributed by atoms with Gasteiger partial charge in [-0.15, -0.1) is 0 Å². The quantitative estimate of drug-likeness (QED) is 0.464. The Labute approximate surface area is 53.6 Å². The van der Waals surface area contributed by atoms with Crippen molar-refractivity contribution < 1.29 is 14.6 Å². The Morgan fingerprint density at radius 3 is 2.78 bits per heavy atom. The molecule has 1 aliphatic heterocycles. The Kier molecular flexibility index (Phi) is 2.05. The molecule has 0 aromatic heterocycles. The van der Waals surface area contributed by atoms with Crippen LogP contribution < -0.4 is 5.11 Å². The van der Waals surface area contributed by atoms with Crippen LogP contribution in [0.25, 0.3) is 0 Å². The monoisotopic (exact) mass is 129 g/mol.